The van der Waals surface area contributed by atoms with Crippen molar-refractivity contribution in [3.63, 3.8) is 0 Å². The second kappa shape index (κ2) is 5.66. The summed E-state index contributed by atoms with van der Waals surface area (Å²) in [7, 11) is 0. The predicted octanol–water partition coefficient (Wildman–Crippen LogP) is 5.30. The number of anilines is 1. The molecule has 0 aliphatic rings. The van der Waals surface area contributed by atoms with Gasteiger partial charge in [0.2, 0.25) is 0 Å². The minimum atomic E-state index is 0.000534. The van der Waals surface area contributed by atoms with Gasteiger partial charge in [0.1, 0.15) is 17.2 Å². The molecule has 0 aliphatic heterocycles. The normalized spacial score (nSPS) is 12.7. The van der Waals surface area contributed by atoms with Crippen LogP contribution in [-0.4, -0.2) is 9.38 Å². The molecule has 0 atom stereocenters. The Balaban J connectivity index is 2.19. The number of nitrogens with two attached hydrogens (primary N) is 1. The van der Waals surface area contributed by atoms with Gasteiger partial charge in [-0.2, -0.15) is 0 Å². The lowest BCUT2D eigenvalue weighted by Gasteiger charge is -2.33. The zero-order valence-corrected chi connectivity index (χ0v) is 15.3. The molecule has 0 saturated carbocycles. The highest BCUT2D eigenvalue weighted by Crippen LogP contribution is 2.38. The Hall–Kier alpha value is -2.29. The summed E-state index contributed by atoms with van der Waals surface area (Å²) in [6.07, 6.45) is 1.07. The molecular weight excluding hydrogens is 294 g/mol. The number of hydrogen-bond acceptors (Lipinski definition) is 2. The highest BCUT2D eigenvalue weighted by atomic mass is 15.1. The fourth-order valence-electron chi connectivity index (χ4n) is 3.87. The maximum absolute atomic E-state index is 6.53. The van der Waals surface area contributed by atoms with Crippen molar-refractivity contribution < 1.29 is 0 Å². The first-order chi connectivity index (χ1) is 11.2. The number of aromatic nitrogens is 2. The van der Waals surface area contributed by atoms with Crippen molar-refractivity contribution in [2.24, 2.45) is 5.41 Å². The van der Waals surface area contributed by atoms with Gasteiger partial charge >= 0.3 is 0 Å². The number of benzene rings is 1. The van der Waals surface area contributed by atoms with Gasteiger partial charge in [-0.25, -0.2) is 4.98 Å². The van der Waals surface area contributed by atoms with Crippen LogP contribution in [0.2, 0.25) is 0 Å². The smallest absolute Gasteiger partial charge is 0.139 e. The van der Waals surface area contributed by atoms with Crippen molar-refractivity contribution >= 4 is 11.5 Å². The number of pyridine rings is 1. The Morgan fingerprint density at radius 2 is 1.58 bits per heavy atom. The van der Waals surface area contributed by atoms with Crippen LogP contribution in [0, 0.1) is 5.41 Å². The molecule has 2 aromatic heterocycles. The van der Waals surface area contributed by atoms with Crippen LogP contribution in [0.5, 0.6) is 0 Å². The Labute approximate surface area is 144 Å². The molecular formula is C21H27N3. The quantitative estimate of drug-likeness (QED) is 0.711. The molecule has 3 heteroatoms. The van der Waals surface area contributed by atoms with Crippen LogP contribution in [0.25, 0.3) is 16.9 Å². The van der Waals surface area contributed by atoms with Gasteiger partial charge in [0.05, 0.1) is 0 Å². The van der Waals surface area contributed by atoms with Crippen LogP contribution in [0.1, 0.15) is 46.7 Å². The lowest BCUT2D eigenvalue weighted by molar-refractivity contribution is 0.278. The fourth-order valence-corrected chi connectivity index (χ4v) is 3.87. The van der Waals surface area contributed by atoms with Crippen LogP contribution in [0.4, 0.5) is 5.82 Å². The van der Waals surface area contributed by atoms with E-state index in [1.54, 1.807) is 0 Å². The van der Waals surface area contributed by atoms with Crippen LogP contribution >= 0.6 is 0 Å². The Morgan fingerprint density at radius 3 is 2.21 bits per heavy atom. The summed E-state index contributed by atoms with van der Waals surface area (Å²) in [5.74, 6) is 0.716. The van der Waals surface area contributed by atoms with E-state index in [0.717, 1.165) is 23.3 Å². The van der Waals surface area contributed by atoms with Gasteiger partial charge in [-0.1, -0.05) is 71.0 Å². The topological polar surface area (TPSA) is 43.3 Å². The van der Waals surface area contributed by atoms with E-state index in [9.17, 15) is 0 Å². The molecule has 0 amide bonds. The van der Waals surface area contributed by atoms with E-state index in [1.165, 1.54) is 5.69 Å². The number of imidazole rings is 1. The monoisotopic (exact) mass is 321 g/mol. The van der Waals surface area contributed by atoms with Gasteiger partial charge < -0.3 is 5.73 Å². The third-order valence-corrected chi connectivity index (χ3v) is 4.39. The summed E-state index contributed by atoms with van der Waals surface area (Å²) in [5.41, 5.74) is 10.8. The number of nitrogens with zero attached hydrogens (tertiary/aromatic N) is 2. The van der Waals surface area contributed by atoms with Crippen LogP contribution in [0.15, 0.2) is 48.5 Å². The standard InChI is InChI=1S/C21H27N3/c1-20(2,3)14-21(4,5)16-12-9-13-17-23-18(19(22)24(16)17)15-10-7-6-8-11-15/h6-13H,14,22H2,1-5H3. The molecule has 0 fully saturated rings. The molecule has 0 aliphatic carbocycles. The van der Waals surface area contributed by atoms with E-state index >= 15 is 0 Å². The van der Waals surface area contributed by atoms with E-state index in [4.69, 9.17) is 10.7 Å². The zero-order valence-electron chi connectivity index (χ0n) is 15.3. The van der Waals surface area contributed by atoms with E-state index in [-0.39, 0.29) is 10.8 Å². The van der Waals surface area contributed by atoms with Crippen molar-refractivity contribution in [2.45, 2.75) is 46.5 Å². The highest BCUT2D eigenvalue weighted by molar-refractivity contribution is 5.75. The van der Waals surface area contributed by atoms with Crippen molar-refractivity contribution in [3.8, 4) is 11.3 Å². The molecule has 3 aromatic rings. The first-order valence-corrected chi connectivity index (χ1v) is 8.52. The fraction of sp³-hybridized carbons (Fsp3) is 0.381. The lowest BCUT2D eigenvalue weighted by atomic mass is 9.74. The number of fused-ring (bicyclic) bond motifs is 1. The molecule has 1 aromatic carbocycles. The van der Waals surface area contributed by atoms with Crippen LogP contribution in [-0.2, 0) is 5.41 Å². The van der Waals surface area contributed by atoms with Crippen molar-refractivity contribution in [3.05, 3.63) is 54.2 Å². The first kappa shape index (κ1) is 16.6. The Kier molecular flexibility index (Phi) is 3.90. The summed E-state index contributed by atoms with van der Waals surface area (Å²) < 4.78 is 2.12. The lowest BCUT2D eigenvalue weighted by Crippen LogP contribution is -2.27. The van der Waals surface area contributed by atoms with Gasteiger partial charge in [0, 0.05) is 16.7 Å². The molecule has 2 heterocycles. The average molecular weight is 321 g/mol. The van der Waals surface area contributed by atoms with Crippen molar-refractivity contribution in [1.82, 2.24) is 9.38 Å². The van der Waals surface area contributed by atoms with Gasteiger partial charge in [-0.15, -0.1) is 0 Å². The van der Waals surface area contributed by atoms with E-state index in [2.05, 4.69) is 63.3 Å². The third kappa shape index (κ3) is 3.03. The second-order valence-electron chi connectivity index (χ2n) is 8.44. The largest absolute Gasteiger partial charge is 0.383 e. The molecule has 0 spiro atoms. The molecule has 3 nitrogen and oxygen atoms in total. The van der Waals surface area contributed by atoms with Gasteiger partial charge in [-0.3, -0.25) is 4.40 Å². The Bertz CT molecular complexity index is 852. The minimum absolute atomic E-state index is 0.000534. The van der Waals surface area contributed by atoms with Gasteiger partial charge in [0.15, 0.2) is 0 Å². The molecule has 126 valence electrons. The average Bonchev–Trinajstić information content (AvgIpc) is 2.83. The van der Waals surface area contributed by atoms with Crippen molar-refractivity contribution in [2.75, 3.05) is 5.73 Å². The van der Waals surface area contributed by atoms with E-state index in [1.807, 2.05) is 24.3 Å². The van der Waals surface area contributed by atoms with E-state index in [0.29, 0.717) is 5.82 Å². The number of hydrogen-bond donors (Lipinski definition) is 1. The summed E-state index contributed by atoms with van der Waals surface area (Å²) >= 11 is 0. The van der Waals surface area contributed by atoms with Gasteiger partial charge in [-0.05, 0) is 24.0 Å². The number of nitrogen functional groups attached to an aromatic ring is 1. The summed E-state index contributed by atoms with van der Waals surface area (Å²) in [6.45, 7) is 11.4. The summed E-state index contributed by atoms with van der Waals surface area (Å²) in [6, 6.07) is 16.4. The van der Waals surface area contributed by atoms with Crippen molar-refractivity contribution in [1.29, 1.82) is 0 Å². The third-order valence-electron chi connectivity index (χ3n) is 4.39. The summed E-state index contributed by atoms with van der Waals surface area (Å²) in [5, 5.41) is 0. The first-order valence-electron chi connectivity index (χ1n) is 8.52. The molecule has 0 unspecified atom stereocenters. The SMILES string of the molecule is CC(C)(C)CC(C)(C)c1cccc2nc(-c3ccccc3)c(N)n12. The van der Waals surface area contributed by atoms with E-state index < -0.39 is 0 Å². The molecule has 2 N–H and O–H groups in total. The molecule has 0 radical (unpaired) electrons. The minimum Gasteiger partial charge on any atom is -0.383 e. The maximum atomic E-state index is 6.53. The predicted molar refractivity (Wildman–Crippen MR) is 102 cm³/mol. The molecule has 3 rings (SSSR count). The highest BCUT2D eigenvalue weighted by Gasteiger charge is 2.30. The summed E-state index contributed by atoms with van der Waals surface area (Å²) in [4.78, 5) is 4.79. The zero-order chi connectivity index (χ0) is 17.5. The van der Waals surface area contributed by atoms with Crippen LogP contribution < -0.4 is 5.73 Å². The molecule has 0 saturated heterocycles. The molecule has 0 bridgehead atoms. The molecule has 24 heavy (non-hydrogen) atoms. The maximum Gasteiger partial charge on any atom is 0.139 e. The Morgan fingerprint density at radius 1 is 0.917 bits per heavy atom. The van der Waals surface area contributed by atoms with Crippen LogP contribution in [0.3, 0.4) is 0 Å². The second-order valence-corrected chi connectivity index (χ2v) is 8.44. The van der Waals surface area contributed by atoms with Gasteiger partial charge in [0.25, 0.3) is 0 Å². The number of rotatable bonds is 3.